The molecule has 176 valence electrons. The first-order valence-corrected chi connectivity index (χ1v) is 12.9. The summed E-state index contributed by atoms with van der Waals surface area (Å²) >= 11 is 0. The van der Waals surface area contributed by atoms with Gasteiger partial charge in [-0.05, 0) is 90.0 Å². The van der Waals surface area contributed by atoms with Gasteiger partial charge in [-0.15, -0.1) is 0 Å². The molecule has 2 nitrogen and oxygen atoms in total. The molecule has 0 saturated heterocycles. The van der Waals surface area contributed by atoms with Crippen LogP contribution in [0.3, 0.4) is 0 Å². The quantitative estimate of drug-likeness (QED) is 0.234. The van der Waals surface area contributed by atoms with E-state index in [4.69, 9.17) is 0 Å². The molecule has 0 aliphatic carbocycles. The number of hydrogen-bond acceptors (Lipinski definition) is 2. The first-order chi connectivity index (χ1) is 18.8. The maximum atomic E-state index is 4.50. The number of nitrogens with zero attached hydrogens (tertiary/aromatic N) is 2. The first-order valence-electron chi connectivity index (χ1n) is 12.9. The second-order valence-electron chi connectivity index (χ2n) is 9.88. The molecule has 8 rings (SSSR count). The summed E-state index contributed by atoms with van der Waals surface area (Å²) in [6, 6.07) is 41.8. The number of pyridine rings is 2. The molecule has 2 aromatic heterocycles. The lowest BCUT2D eigenvalue weighted by atomic mass is 9.87. The normalized spacial score (nSPS) is 11.7. The Morgan fingerprint density at radius 2 is 1.05 bits per heavy atom. The minimum atomic E-state index is 1.02. The van der Waals surface area contributed by atoms with Gasteiger partial charge in [-0.2, -0.15) is 0 Å². The highest BCUT2D eigenvalue weighted by molar-refractivity contribution is 6.27. The molecule has 0 unspecified atom stereocenters. The summed E-state index contributed by atoms with van der Waals surface area (Å²) in [6.45, 7) is 0. The molecule has 0 spiro atoms. The molecule has 2 heterocycles. The van der Waals surface area contributed by atoms with Crippen molar-refractivity contribution in [3.8, 4) is 33.4 Å². The summed E-state index contributed by atoms with van der Waals surface area (Å²) in [7, 11) is 0. The zero-order valence-electron chi connectivity index (χ0n) is 20.6. The van der Waals surface area contributed by atoms with E-state index in [1.807, 2.05) is 30.7 Å². The van der Waals surface area contributed by atoms with Gasteiger partial charge < -0.3 is 0 Å². The van der Waals surface area contributed by atoms with Gasteiger partial charge in [0.05, 0.1) is 5.52 Å². The largest absolute Gasteiger partial charge is 0.264 e. The van der Waals surface area contributed by atoms with Crippen LogP contribution < -0.4 is 0 Å². The third kappa shape index (κ3) is 3.21. The van der Waals surface area contributed by atoms with Crippen molar-refractivity contribution in [2.24, 2.45) is 0 Å². The van der Waals surface area contributed by atoms with E-state index < -0.39 is 0 Å². The highest BCUT2D eigenvalue weighted by Crippen LogP contribution is 2.42. The Bertz CT molecular complexity index is 2110. The minimum absolute atomic E-state index is 1.02. The van der Waals surface area contributed by atoms with Gasteiger partial charge in [0.2, 0.25) is 0 Å². The van der Waals surface area contributed by atoms with Crippen molar-refractivity contribution in [1.29, 1.82) is 0 Å². The van der Waals surface area contributed by atoms with E-state index in [-0.39, 0.29) is 0 Å². The molecule has 6 aromatic carbocycles. The van der Waals surface area contributed by atoms with Gasteiger partial charge in [0, 0.05) is 24.0 Å². The third-order valence-electron chi connectivity index (χ3n) is 7.77. The summed E-state index contributed by atoms with van der Waals surface area (Å²) in [6.07, 6.45) is 5.57. The lowest BCUT2D eigenvalue weighted by Crippen LogP contribution is -1.90. The van der Waals surface area contributed by atoms with Crippen LogP contribution in [0.5, 0.6) is 0 Å². The van der Waals surface area contributed by atoms with E-state index in [0.717, 1.165) is 16.5 Å². The molecule has 0 fully saturated rings. The second-order valence-corrected chi connectivity index (χ2v) is 9.88. The summed E-state index contributed by atoms with van der Waals surface area (Å²) in [5, 5.41) is 8.94. The number of rotatable bonds is 3. The van der Waals surface area contributed by atoms with Crippen LogP contribution in [-0.4, -0.2) is 9.97 Å². The fraction of sp³-hybridized carbons (Fsp3) is 0. The number of aromatic nitrogens is 2. The molecule has 38 heavy (non-hydrogen) atoms. The van der Waals surface area contributed by atoms with Crippen molar-refractivity contribution >= 4 is 43.2 Å². The fourth-order valence-electron chi connectivity index (χ4n) is 5.92. The molecule has 0 aliphatic heterocycles. The molecule has 8 aromatic rings. The third-order valence-corrected chi connectivity index (χ3v) is 7.77. The maximum Gasteiger partial charge on any atom is 0.0702 e. The molecular formula is C36H22N2. The maximum absolute atomic E-state index is 4.50. The molecule has 0 aliphatic rings. The predicted octanol–water partition coefficient (Wildman–Crippen LogP) is 9.53. The van der Waals surface area contributed by atoms with Gasteiger partial charge in [0.1, 0.15) is 0 Å². The van der Waals surface area contributed by atoms with E-state index in [9.17, 15) is 0 Å². The number of benzene rings is 6. The number of hydrogen-bond donors (Lipinski definition) is 0. The smallest absolute Gasteiger partial charge is 0.0702 e. The SMILES string of the molecule is c1cncc(-c2ccc(-c3ccc4ccc5ccc(-c6ccc7ncccc7c6)c6ccc3c4c56)cc2)c1. The van der Waals surface area contributed by atoms with E-state index >= 15 is 0 Å². The monoisotopic (exact) mass is 482 g/mol. The van der Waals surface area contributed by atoms with Crippen LogP contribution in [0.25, 0.3) is 76.6 Å². The van der Waals surface area contributed by atoms with Crippen molar-refractivity contribution in [2.75, 3.05) is 0 Å². The van der Waals surface area contributed by atoms with Crippen LogP contribution in [0.15, 0.2) is 134 Å². The van der Waals surface area contributed by atoms with Crippen LogP contribution in [0.4, 0.5) is 0 Å². The minimum Gasteiger partial charge on any atom is -0.264 e. The fourth-order valence-corrected chi connectivity index (χ4v) is 5.92. The zero-order valence-corrected chi connectivity index (χ0v) is 20.6. The van der Waals surface area contributed by atoms with E-state index in [1.165, 1.54) is 60.1 Å². The summed E-state index contributed by atoms with van der Waals surface area (Å²) < 4.78 is 0. The van der Waals surface area contributed by atoms with Crippen LogP contribution in [-0.2, 0) is 0 Å². The van der Waals surface area contributed by atoms with Crippen molar-refractivity contribution < 1.29 is 0 Å². The Labute approximate surface area is 220 Å². The summed E-state index contributed by atoms with van der Waals surface area (Å²) in [5.41, 5.74) is 8.28. The Kier molecular flexibility index (Phi) is 4.55. The summed E-state index contributed by atoms with van der Waals surface area (Å²) in [5.74, 6) is 0. The lowest BCUT2D eigenvalue weighted by Gasteiger charge is -2.17. The molecular weight excluding hydrogens is 460 g/mol. The van der Waals surface area contributed by atoms with Crippen molar-refractivity contribution in [2.45, 2.75) is 0 Å². The van der Waals surface area contributed by atoms with Gasteiger partial charge in [0.25, 0.3) is 0 Å². The Morgan fingerprint density at radius 1 is 0.421 bits per heavy atom. The van der Waals surface area contributed by atoms with Crippen molar-refractivity contribution in [1.82, 2.24) is 9.97 Å². The van der Waals surface area contributed by atoms with Crippen molar-refractivity contribution in [3.05, 3.63) is 134 Å². The topological polar surface area (TPSA) is 25.8 Å². The van der Waals surface area contributed by atoms with Crippen LogP contribution >= 0.6 is 0 Å². The van der Waals surface area contributed by atoms with Crippen LogP contribution in [0, 0.1) is 0 Å². The molecule has 0 saturated carbocycles. The van der Waals surface area contributed by atoms with Gasteiger partial charge in [-0.25, -0.2) is 0 Å². The molecule has 0 radical (unpaired) electrons. The lowest BCUT2D eigenvalue weighted by molar-refractivity contribution is 1.33. The highest BCUT2D eigenvalue weighted by Gasteiger charge is 2.15. The van der Waals surface area contributed by atoms with Crippen LogP contribution in [0.2, 0.25) is 0 Å². The van der Waals surface area contributed by atoms with Crippen molar-refractivity contribution in [3.63, 3.8) is 0 Å². The van der Waals surface area contributed by atoms with Gasteiger partial charge in [-0.3, -0.25) is 9.97 Å². The molecule has 0 N–H and O–H groups in total. The van der Waals surface area contributed by atoms with E-state index in [1.54, 1.807) is 0 Å². The van der Waals surface area contributed by atoms with Gasteiger partial charge in [-0.1, -0.05) is 91.0 Å². The van der Waals surface area contributed by atoms with Crippen LogP contribution in [0.1, 0.15) is 0 Å². The first kappa shape index (κ1) is 21.0. The Hall–Kier alpha value is -5.08. The van der Waals surface area contributed by atoms with E-state index in [2.05, 4.69) is 113 Å². The zero-order chi connectivity index (χ0) is 25.1. The average Bonchev–Trinajstić information content (AvgIpc) is 3.00. The second kappa shape index (κ2) is 8.22. The number of fused-ring (bicyclic) bond motifs is 1. The summed E-state index contributed by atoms with van der Waals surface area (Å²) in [4.78, 5) is 8.77. The average molecular weight is 483 g/mol. The Morgan fingerprint density at radius 3 is 1.76 bits per heavy atom. The highest BCUT2D eigenvalue weighted by atomic mass is 14.6. The van der Waals surface area contributed by atoms with Gasteiger partial charge in [0.15, 0.2) is 0 Å². The molecule has 0 atom stereocenters. The molecule has 0 bridgehead atoms. The molecule has 2 heteroatoms. The standard InChI is InChI=1S/C36H22N2/c1-4-29(22-37-19-1)23-5-7-24(8-6-23)30-14-11-25-9-10-26-12-15-31(33-17-16-32(30)35(25)36(26)33)27-13-18-34-28(21-27)3-2-20-38-34/h1-22H. The predicted molar refractivity (Wildman–Crippen MR) is 160 cm³/mol. The van der Waals surface area contributed by atoms with Gasteiger partial charge >= 0.3 is 0 Å². The molecule has 0 amide bonds. The Balaban J connectivity index is 1.33. The van der Waals surface area contributed by atoms with E-state index in [0.29, 0.717) is 0 Å².